The van der Waals surface area contributed by atoms with Gasteiger partial charge >= 0.3 is 5.97 Å². The van der Waals surface area contributed by atoms with E-state index in [0.29, 0.717) is 54.3 Å². The summed E-state index contributed by atoms with van der Waals surface area (Å²) in [7, 11) is 3.05. The van der Waals surface area contributed by atoms with Crippen molar-refractivity contribution in [3.63, 3.8) is 0 Å². The lowest BCUT2D eigenvalue weighted by atomic mass is 9.99. The Morgan fingerprint density at radius 3 is 2.29 bits per heavy atom. The van der Waals surface area contributed by atoms with Crippen molar-refractivity contribution in [2.45, 2.75) is 0 Å². The zero-order valence-electron chi connectivity index (χ0n) is 23.0. The Labute approximate surface area is 238 Å². The minimum atomic E-state index is -0.483. The first-order chi connectivity index (χ1) is 19.9. The van der Waals surface area contributed by atoms with Gasteiger partial charge in [-0.15, -0.1) is 0 Å². The molecule has 0 bridgehead atoms. The number of nitrogens with one attached hydrogen (secondary N) is 2. The van der Waals surface area contributed by atoms with E-state index in [9.17, 15) is 18.8 Å². The normalized spacial score (nSPS) is 16.5. The maximum absolute atomic E-state index is 13.2. The number of piperazine rings is 1. The Bertz CT molecular complexity index is 1470. The van der Waals surface area contributed by atoms with Crippen LogP contribution in [0.5, 0.6) is 0 Å². The molecule has 3 aromatic rings. The monoisotopic (exact) mass is 557 g/mol. The molecule has 0 saturated carbocycles. The highest BCUT2D eigenvalue weighted by Crippen LogP contribution is 2.38. The number of likely N-dealkylation sites (N-methyl/N-ethyl adjacent to an activating group) is 1. The van der Waals surface area contributed by atoms with Crippen LogP contribution in [0, 0.1) is 0 Å². The number of hydrogen-bond donors (Lipinski definition) is 2. The van der Waals surface area contributed by atoms with Gasteiger partial charge in [-0.1, -0.05) is 36.4 Å². The predicted molar refractivity (Wildman–Crippen MR) is 157 cm³/mol. The third kappa shape index (κ3) is 6.13. The van der Waals surface area contributed by atoms with Gasteiger partial charge in [0.1, 0.15) is 6.80 Å². The number of benzene rings is 3. The number of fused-ring (bicyclic) bond motifs is 1. The summed E-state index contributed by atoms with van der Waals surface area (Å²) in [6.07, 6.45) is 0. The summed E-state index contributed by atoms with van der Waals surface area (Å²) in [5.74, 6) is -0.816. The number of amides is 2. The third-order valence-electron chi connectivity index (χ3n) is 7.39. The summed E-state index contributed by atoms with van der Waals surface area (Å²) in [5, 5.41) is 6.27. The lowest BCUT2D eigenvalue weighted by Crippen LogP contribution is -2.49. The largest absolute Gasteiger partial charge is 0.465 e. The summed E-state index contributed by atoms with van der Waals surface area (Å²) in [5.41, 5.74) is 4.88. The van der Waals surface area contributed by atoms with Gasteiger partial charge in [-0.3, -0.25) is 19.4 Å². The fraction of sp³-hybridized carbons (Fsp3) is 0.258. The first kappa shape index (κ1) is 28.0. The Balaban J connectivity index is 1.37. The average Bonchev–Trinajstić information content (AvgIpc) is 3.34. The fourth-order valence-corrected chi connectivity index (χ4v) is 4.97. The van der Waals surface area contributed by atoms with Crippen LogP contribution in [0.25, 0.3) is 11.3 Å². The summed E-state index contributed by atoms with van der Waals surface area (Å²) in [6, 6.07) is 21.9. The molecule has 212 valence electrons. The van der Waals surface area contributed by atoms with Gasteiger partial charge in [0.25, 0.3) is 5.91 Å². The molecule has 9 nitrogen and oxygen atoms in total. The lowest BCUT2D eigenvalue weighted by Gasteiger charge is -2.33. The molecule has 1 saturated heterocycles. The number of anilines is 3. The topological polar surface area (TPSA) is 94.2 Å². The molecule has 0 aromatic heterocycles. The zero-order chi connectivity index (χ0) is 28.9. The second-order valence-corrected chi connectivity index (χ2v) is 9.96. The Kier molecular flexibility index (Phi) is 8.42. The van der Waals surface area contributed by atoms with Crippen molar-refractivity contribution in [1.29, 1.82) is 0 Å². The number of halogens is 1. The molecule has 5 rings (SSSR count). The molecule has 2 aliphatic rings. The zero-order valence-corrected chi connectivity index (χ0v) is 23.0. The minimum absolute atomic E-state index is 0.0444. The van der Waals surface area contributed by atoms with Crippen LogP contribution in [0.15, 0.2) is 72.8 Å². The van der Waals surface area contributed by atoms with Crippen LogP contribution in [0.3, 0.4) is 0 Å². The van der Waals surface area contributed by atoms with E-state index in [1.165, 1.54) is 7.11 Å². The molecule has 2 aliphatic heterocycles. The summed E-state index contributed by atoms with van der Waals surface area (Å²) in [6.45, 7) is 2.35. The molecule has 0 atom stereocenters. The van der Waals surface area contributed by atoms with Crippen molar-refractivity contribution in [2.24, 2.45) is 0 Å². The molecule has 10 heteroatoms. The van der Waals surface area contributed by atoms with Crippen molar-refractivity contribution in [3.05, 3.63) is 89.5 Å². The minimum Gasteiger partial charge on any atom is -0.465 e. The van der Waals surface area contributed by atoms with Gasteiger partial charge in [0.15, 0.2) is 0 Å². The first-order valence-corrected chi connectivity index (χ1v) is 13.4. The predicted octanol–water partition coefficient (Wildman–Crippen LogP) is 3.91. The van der Waals surface area contributed by atoms with E-state index in [1.54, 1.807) is 35.0 Å². The van der Waals surface area contributed by atoms with E-state index >= 15 is 0 Å². The molecule has 1 fully saturated rings. The SMILES string of the molecule is COC(=O)c1ccc2c(c1)NC(=O)/C2=C(\Nc1ccc(N(C)C(=O)CN2CCN(CF)CC2)cc1)c1ccccc1. The van der Waals surface area contributed by atoms with Crippen molar-refractivity contribution >= 4 is 46.1 Å². The van der Waals surface area contributed by atoms with Gasteiger partial charge in [-0.05, 0) is 42.0 Å². The van der Waals surface area contributed by atoms with Gasteiger partial charge < -0.3 is 20.3 Å². The van der Waals surface area contributed by atoms with Crippen LogP contribution < -0.4 is 15.5 Å². The average molecular weight is 558 g/mol. The number of hydrogen-bond acceptors (Lipinski definition) is 7. The fourth-order valence-electron chi connectivity index (χ4n) is 4.97. The summed E-state index contributed by atoms with van der Waals surface area (Å²) < 4.78 is 17.7. The van der Waals surface area contributed by atoms with Crippen LogP contribution in [0.4, 0.5) is 21.5 Å². The maximum atomic E-state index is 13.2. The Hall–Kier alpha value is -4.54. The molecular weight excluding hydrogens is 525 g/mol. The van der Waals surface area contributed by atoms with Gasteiger partial charge in [-0.2, -0.15) is 0 Å². The smallest absolute Gasteiger partial charge is 0.337 e. The van der Waals surface area contributed by atoms with E-state index < -0.39 is 12.8 Å². The number of esters is 1. The number of rotatable bonds is 8. The van der Waals surface area contributed by atoms with Crippen LogP contribution in [0.2, 0.25) is 0 Å². The highest BCUT2D eigenvalue weighted by molar-refractivity contribution is 6.37. The number of carbonyl (C=O) groups excluding carboxylic acids is 3. The number of carbonyl (C=O) groups is 3. The van der Waals surface area contributed by atoms with E-state index in [4.69, 9.17) is 4.74 Å². The second kappa shape index (κ2) is 12.3. The van der Waals surface area contributed by atoms with E-state index in [1.807, 2.05) is 59.5 Å². The molecule has 0 unspecified atom stereocenters. The van der Waals surface area contributed by atoms with Gasteiger partial charge in [0.05, 0.1) is 36.2 Å². The molecule has 2 N–H and O–H groups in total. The van der Waals surface area contributed by atoms with E-state index in [0.717, 1.165) is 16.9 Å². The number of ether oxygens (including phenoxy) is 1. The lowest BCUT2D eigenvalue weighted by molar-refractivity contribution is -0.120. The van der Waals surface area contributed by atoms with Gasteiger partial charge in [-0.25, -0.2) is 9.18 Å². The Morgan fingerprint density at radius 2 is 1.63 bits per heavy atom. The van der Waals surface area contributed by atoms with Crippen LogP contribution >= 0.6 is 0 Å². The molecular formula is C31H32FN5O4. The summed E-state index contributed by atoms with van der Waals surface area (Å²) >= 11 is 0. The van der Waals surface area contributed by atoms with Crippen LogP contribution in [-0.4, -0.2) is 81.3 Å². The summed E-state index contributed by atoms with van der Waals surface area (Å²) in [4.78, 5) is 43.5. The molecule has 2 heterocycles. The van der Waals surface area contributed by atoms with Gasteiger partial charge in [0.2, 0.25) is 5.91 Å². The molecule has 0 aliphatic carbocycles. The first-order valence-electron chi connectivity index (χ1n) is 13.4. The molecule has 41 heavy (non-hydrogen) atoms. The van der Waals surface area contributed by atoms with E-state index in [-0.39, 0.29) is 18.4 Å². The standard InChI is InChI=1S/C31H32FN5O4/c1-35(27(38)19-36-14-16-37(20-32)17-15-36)24-11-9-23(10-12-24)33-29(21-6-4-3-5-7-21)28-25-13-8-22(31(40)41-2)18-26(25)34-30(28)39/h3-13,18,33H,14-17,19-20H2,1-2H3,(H,34,39)/b29-28-. The highest BCUT2D eigenvalue weighted by Gasteiger charge is 2.29. The van der Waals surface area contributed by atoms with Crippen molar-refractivity contribution in [2.75, 3.05) is 69.2 Å². The van der Waals surface area contributed by atoms with E-state index in [2.05, 4.69) is 10.6 Å². The van der Waals surface area contributed by atoms with Crippen LogP contribution in [0.1, 0.15) is 21.5 Å². The quantitative estimate of drug-likeness (QED) is 0.246. The van der Waals surface area contributed by atoms with Crippen LogP contribution in [-0.2, 0) is 14.3 Å². The number of alkyl halides is 1. The molecule has 2 amide bonds. The number of methoxy groups -OCH3 is 1. The Morgan fingerprint density at radius 1 is 0.951 bits per heavy atom. The second-order valence-electron chi connectivity index (χ2n) is 9.96. The van der Waals surface area contributed by atoms with Crippen molar-refractivity contribution < 1.29 is 23.5 Å². The molecule has 0 radical (unpaired) electrons. The number of nitrogens with zero attached hydrogens (tertiary/aromatic N) is 3. The molecule has 3 aromatic carbocycles. The van der Waals surface area contributed by atoms with Crippen molar-refractivity contribution in [3.8, 4) is 0 Å². The maximum Gasteiger partial charge on any atom is 0.337 e. The van der Waals surface area contributed by atoms with Gasteiger partial charge in [0, 0.05) is 50.2 Å². The molecule has 0 spiro atoms. The third-order valence-corrected chi connectivity index (χ3v) is 7.39. The van der Waals surface area contributed by atoms with Crippen molar-refractivity contribution in [1.82, 2.24) is 9.80 Å². The highest BCUT2D eigenvalue weighted by atomic mass is 19.1.